The number of rotatable bonds is 7. The number of amides is 2. The molecule has 1 unspecified atom stereocenters. The molecule has 0 radical (unpaired) electrons. The SMILES string of the molecule is COC(=O)C(NC(=O)[C@H](Cc1ccc(C#N)cc1)C(=O)N(C)C)C1CCCCC1. The van der Waals surface area contributed by atoms with E-state index in [2.05, 4.69) is 5.32 Å². The van der Waals surface area contributed by atoms with Gasteiger partial charge in [0, 0.05) is 14.1 Å². The molecule has 0 bridgehead atoms. The van der Waals surface area contributed by atoms with Crippen LogP contribution in [0.2, 0.25) is 0 Å². The van der Waals surface area contributed by atoms with Gasteiger partial charge in [0.05, 0.1) is 18.7 Å². The Labute approximate surface area is 172 Å². The number of nitrogens with one attached hydrogen (secondary N) is 1. The second-order valence-corrected chi connectivity index (χ2v) is 7.71. The summed E-state index contributed by atoms with van der Waals surface area (Å²) >= 11 is 0. The zero-order valence-electron chi connectivity index (χ0n) is 17.3. The Hall–Kier alpha value is -2.88. The summed E-state index contributed by atoms with van der Waals surface area (Å²) in [5.41, 5.74) is 1.28. The summed E-state index contributed by atoms with van der Waals surface area (Å²) in [5.74, 6) is -2.23. The second-order valence-electron chi connectivity index (χ2n) is 7.71. The molecular formula is C22H29N3O4. The predicted molar refractivity (Wildman–Crippen MR) is 108 cm³/mol. The van der Waals surface area contributed by atoms with Crippen LogP contribution in [0.3, 0.4) is 0 Å². The smallest absolute Gasteiger partial charge is 0.328 e. The Morgan fingerprint density at radius 1 is 1.17 bits per heavy atom. The van der Waals surface area contributed by atoms with Crippen LogP contribution >= 0.6 is 0 Å². The summed E-state index contributed by atoms with van der Waals surface area (Å²) < 4.78 is 4.92. The normalized spacial score (nSPS) is 16.2. The number of nitriles is 1. The maximum atomic E-state index is 13.1. The summed E-state index contributed by atoms with van der Waals surface area (Å²) in [6.45, 7) is 0. The van der Waals surface area contributed by atoms with Gasteiger partial charge in [-0.25, -0.2) is 4.79 Å². The Balaban J connectivity index is 2.20. The molecule has 0 aliphatic heterocycles. The molecule has 2 rings (SSSR count). The van der Waals surface area contributed by atoms with E-state index in [1.165, 1.54) is 12.0 Å². The van der Waals surface area contributed by atoms with Crippen LogP contribution in [0.1, 0.15) is 43.2 Å². The van der Waals surface area contributed by atoms with Crippen molar-refractivity contribution in [3.8, 4) is 6.07 Å². The maximum Gasteiger partial charge on any atom is 0.328 e. The summed E-state index contributed by atoms with van der Waals surface area (Å²) in [4.78, 5) is 39.5. The molecule has 7 heteroatoms. The van der Waals surface area contributed by atoms with Gasteiger partial charge in [0.25, 0.3) is 0 Å². The first-order valence-corrected chi connectivity index (χ1v) is 9.95. The van der Waals surface area contributed by atoms with Crippen molar-refractivity contribution < 1.29 is 19.1 Å². The molecule has 156 valence electrons. The Kier molecular flexibility index (Phi) is 8.20. The molecule has 1 aliphatic carbocycles. The van der Waals surface area contributed by atoms with Crippen LogP contribution in [-0.2, 0) is 25.5 Å². The van der Waals surface area contributed by atoms with Crippen LogP contribution in [0.15, 0.2) is 24.3 Å². The third-order valence-corrected chi connectivity index (χ3v) is 5.45. The minimum Gasteiger partial charge on any atom is -0.467 e. The van der Waals surface area contributed by atoms with Gasteiger partial charge in [-0.3, -0.25) is 9.59 Å². The Morgan fingerprint density at radius 3 is 2.31 bits per heavy atom. The molecule has 0 spiro atoms. The zero-order chi connectivity index (χ0) is 21.4. The van der Waals surface area contributed by atoms with E-state index in [-0.39, 0.29) is 18.2 Å². The van der Waals surface area contributed by atoms with Gasteiger partial charge in [-0.05, 0) is 42.9 Å². The fourth-order valence-corrected chi connectivity index (χ4v) is 3.77. The number of hydrogen-bond donors (Lipinski definition) is 1. The first-order valence-electron chi connectivity index (χ1n) is 9.95. The van der Waals surface area contributed by atoms with Crippen LogP contribution in [0.4, 0.5) is 0 Å². The van der Waals surface area contributed by atoms with Crippen LogP contribution < -0.4 is 5.32 Å². The molecule has 0 heterocycles. The van der Waals surface area contributed by atoms with Crippen molar-refractivity contribution in [3.05, 3.63) is 35.4 Å². The third-order valence-electron chi connectivity index (χ3n) is 5.45. The molecule has 1 aliphatic rings. The van der Waals surface area contributed by atoms with E-state index in [4.69, 9.17) is 10.00 Å². The third kappa shape index (κ3) is 6.05. The minimum absolute atomic E-state index is 0.0187. The molecule has 1 saturated carbocycles. The lowest BCUT2D eigenvalue weighted by Crippen LogP contribution is -2.51. The van der Waals surface area contributed by atoms with E-state index in [0.29, 0.717) is 5.56 Å². The Bertz CT molecular complexity index is 761. The quantitative estimate of drug-likeness (QED) is 0.559. The highest BCUT2D eigenvalue weighted by atomic mass is 16.5. The predicted octanol–water partition coefficient (Wildman–Crippen LogP) is 2.04. The lowest BCUT2D eigenvalue weighted by Gasteiger charge is -2.30. The van der Waals surface area contributed by atoms with Gasteiger partial charge in [-0.2, -0.15) is 5.26 Å². The van der Waals surface area contributed by atoms with Gasteiger partial charge < -0.3 is 15.0 Å². The van der Waals surface area contributed by atoms with Crippen LogP contribution in [0, 0.1) is 23.2 Å². The average molecular weight is 399 g/mol. The summed E-state index contributed by atoms with van der Waals surface area (Å²) in [7, 11) is 4.50. The number of carbonyl (C=O) groups is 3. The lowest BCUT2D eigenvalue weighted by molar-refractivity contribution is -0.149. The molecule has 1 aromatic carbocycles. The number of esters is 1. The molecular weight excluding hydrogens is 370 g/mol. The van der Waals surface area contributed by atoms with Gasteiger partial charge in [-0.1, -0.05) is 31.4 Å². The molecule has 1 fully saturated rings. The van der Waals surface area contributed by atoms with Crippen molar-refractivity contribution in [3.63, 3.8) is 0 Å². The standard InChI is InChI=1S/C22H29N3O4/c1-25(2)21(27)18(13-15-9-11-16(14-23)12-10-15)20(26)24-19(22(28)29-3)17-7-5-4-6-8-17/h9-12,17-19H,4-8,13H2,1-3H3,(H,24,26)/t18-,19?/m0/s1. The number of benzene rings is 1. The van der Waals surface area contributed by atoms with Crippen molar-refractivity contribution in [2.24, 2.45) is 11.8 Å². The largest absolute Gasteiger partial charge is 0.467 e. The fraction of sp³-hybridized carbons (Fsp3) is 0.545. The highest BCUT2D eigenvalue weighted by Crippen LogP contribution is 2.27. The molecule has 2 amide bonds. The van der Waals surface area contributed by atoms with E-state index >= 15 is 0 Å². The van der Waals surface area contributed by atoms with E-state index in [1.807, 2.05) is 6.07 Å². The number of methoxy groups -OCH3 is 1. The first-order chi connectivity index (χ1) is 13.9. The first kappa shape index (κ1) is 22.4. The molecule has 1 N–H and O–H groups in total. The zero-order valence-corrected chi connectivity index (χ0v) is 17.3. The average Bonchev–Trinajstić information content (AvgIpc) is 2.75. The van der Waals surface area contributed by atoms with Gasteiger partial charge in [0.2, 0.25) is 11.8 Å². The van der Waals surface area contributed by atoms with Gasteiger partial charge in [0.1, 0.15) is 12.0 Å². The number of hydrogen-bond acceptors (Lipinski definition) is 5. The van der Waals surface area contributed by atoms with Crippen molar-refractivity contribution in [1.29, 1.82) is 5.26 Å². The Morgan fingerprint density at radius 2 is 1.79 bits per heavy atom. The van der Waals surface area contributed by atoms with Crippen LogP contribution in [-0.4, -0.2) is 49.9 Å². The highest BCUT2D eigenvalue weighted by Gasteiger charge is 2.36. The van der Waals surface area contributed by atoms with E-state index in [9.17, 15) is 14.4 Å². The van der Waals surface area contributed by atoms with E-state index in [0.717, 1.165) is 37.7 Å². The van der Waals surface area contributed by atoms with Gasteiger partial charge >= 0.3 is 5.97 Å². The molecule has 0 saturated heterocycles. The van der Waals surface area contributed by atoms with E-state index < -0.39 is 23.8 Å². The number of carbonyl (C=O) groups excluding carboxylic acids is 3. The van der Waals surface area contributed by atoms with Gasteiger partial charge in [-0.15, -0.1) is 0 Å². The van der Waals surface area contributed by atoms with Crippen molar-refractivity contribution >= 4 is 17.8 Å². The number of nitrogens with zero attached hydrogens (tertiary/aromatic N) is 2. The number of ether oxygens (including phenoxy) is 1. The highest BCUT2D eigenvalue weighted by molar-refractivity contribution is 6.01. The van der Waals surface area contributed by atoms with Crippen molar-refractivity contribution in [1.82, 2.24) is 10.2 Å². The summed E-state index contributed by atoms with van der Waals surface area (Å²) in [6, 6.07) is 8.09. The summed E-state index contributed by atoms with van der Waals surface area (Å²) in [5, 5.41) is 11.7. The van der Waals surface area contributed by atoms with Crippen molar-refractivity contribution in [2.75, 3.05) is 21.2 Å². The minimum atomic E-state index is -0.964. The lowest BCUT2D eigenvalue weighted by atomic mass is 9.83. The topological polar surface area (TPSA) is 99.5 Å². The molecule has 2 atom stereocenters. The molecule has 7 nitrogen and oxygen atoms in total. The van der Waals surface area contributed by atoms with E-state index in [1.54, 1.807) is 38.4 Å². The van der Waals surface area contributed by atoms with Crippen LogP contribution in [0.5, 0.6) is 0 Å². The summed E-state index contributed by atoms with van der Waals surface area (Å²) in [6.07, 6.45) is 5.04. The van der Waals surface area contributed by atoms with Crippen LogP contribution in [0.25, 0.3) is 0 Å². The molecule has 29 heavy (non-hydrogen) atoms. The fourth-order valence-electron chi connectivity index (χ4n) is 3.77. The molecule has 1 aromatic rings. The maximum absolute atomic E-state index is 13.1. The molecule has 0 aromatic heterocycles. The van der Waals surface area contributed by atoms with Crippen molar-refractivity contribution in [2.45, 2.75) is 44.6 Å². The second kappa shape index (κ2) is 10.6. The monoisotopic (exact) mass is 399 g/mol. The van der Waals surface area contributed by atoms with Gasteiger partial charge in [0.15, 0.2) is 0 Å².